The molecule has 1 rings (SSSR count). The van der Waals surface area contributed by atoms with Gasteiger partial charge in [0.05, 0.1) is 10.5 Å². The Bertz CT molecular complexity index is 308. The van der Waals surface area contributed by atoms with Gasteiger partial charge in [-0.05, 0) is 34.6 Å². The maximum Gasteiger partial charge on any atom is 0.248 e. The Morgan fingerprint density at radius 2 is 1.68 bits per heavy atom. The molecule has 0 aromatic carbocycles. The van der Waals surface area contributed by atoms with Crippen LogP contribution in [0, 0.1) is 0 Å². The molecule has 6 heteroatoms. The zero-order valence-corrected chi connectivity index (χ0v) is 14.3. The molecular weight excluding hydrogens is 280 g/mol. The van der Waals surface area contributed by atoms with Crippen molar-refractivity contribution >= 4 is 28.4 Å². The highest BCUT2D eigenvalue weighted by atomic mass is 33.1. The van der Waals surface area contributed by atoms with Gasteiger partial charge in [-0.3, -0.25) is 9.69 Å². The largest absolute Gasteiger partial charge is 0.366 e. The molecule has 0 spiro atoms. The molecule has 0 atom stereocenters. The number of rotatable bonds is 4. The van der Waals surface area contributed by atoms with E-state index in [4.69, 9.17) is 4.74 Å². The smallest absolute Gasteiger partial charge is 0.248 e. The Morgan fingerprint density at radius 3 is 2.11 bits per heavy atom. The maximum atomic E-state index is 12.0. The number of nitrogens with zero attached hydrogens (tertiary/aromatic N) is 2. The highest BCUT2D eigenvalue weighted by molar-refractivity contribution is 8.69. The van der Waals surface area contributed by atoms with Crippen molar-refractivity contribution in [3.05, 3.63) is 0 Å². The summed E-state index contributed by atoms with van der Waals surface area (Å²) in [5, 5.41) is 0. The van der Waals surface area contributed by atoms with E-state index < -0.39 is 0 Å². The van der Waals surface area contributed by atoms with Gasteiger partial charge in [0, 0.05) is 26.2 Å². The summed E-state index contributed by atoms with van der Waals surface area (Å²) >= 11 is 4.31. The van der Waals surface area contributed by atoms with Gasteiger partial charge < -0.3 is 9.64 Å². The number of hydrogen-bond acceptors (Lipinski definition) is 5. The third-order valence-electron chi connectivity index (χ3n) is 3.25. The number of hydrogen-bond donors (Lipinski definition) is 1. The molecule has 1 amide bonds. The first kappa shape index (κ1) is 17.1. The third kappa shape index (κ3) is 5.53. The van der Waals surface area contributed by atoms with Crippen molar-refractivity contribution < 1.29 is 9.53 Å². The predicted octanol–water partition coefficient (Wildman–Crippen LogP) is 2.26. The first-order chi connectivity index (χ1) is 8.65. The Hall–Kier alpha value is 0.0900. The van der Waals surface area contributed by atoms with Crippen molar-refractivity contribution in [1.82, 2.24) is 9.80 Å². The lowest BCUT2D eigenvalue weighted by Gasteiger charge is -2.42. The van der Waals surface area contributed by atoms with Gasteiger partial charge in [0.15, 0.2) is 0 Å². The minimum Gasteiger partial charge on any atom is -0.366 e. The van der Waals surface area contributed by atoms with Gasteiger partial charge in [-0.2, -0.15) is 0 Å². The van der Waals surface area contributed by atoms with E-state index >= 15 is 0 Å². The van der Waals surface area contributed by atoms with E-state index in [1.807, 2.05) is 25.7 Å². The van der Waals surface area contributed by atoms with Gasteiger partial charge in [-0.25, -0.2) is 0 Å². The number of ether oxygens (including phenoxy) is 1. The minimum atomic E-state index is -0.262. The minimum absolute atomic E-state index is 0.0140. The van der Waals surface area contributed by atoms with Crippen LogP contribution in [0.2, 0.25) is 0 Å². The summed E-state index contributed by atoms with van der Waals surface area (Å²) in [4.78, 5) is 16.3. The Morgan fingerprint density at radius 1 is 1.16 bits per heavy atom. The summed E-state index contributed by atoms with van der Waals surface area (Å²) in [6.45, 7) is 13.7. The van der Waals surface area contributed by atoms with Crippen LogP contribution in [0.25, 0.3) is 0 Å². The first-order valence-corrected chi connectivity index (χ1v) is 8.52. The van der Waals surface area contributed by atoms with Gasteiger partial charge in [0.2, 0.25) is 5.91 Å². The van der Waals surface area contributed by atoms with Crippen LogP contribution >= 0.6 is 22.5 Å². The molecule has 112 valence electrons. The number of carbonyl (C=O) groups is 1. The molecule has 1 fully saturated rings. The number of thiol groups is 1. The zero-order chi connectivity index (χ0) is 14.7. The lowest BCUT2D eigenvalue weighted by Crippen LogP contribution is -2.55. The van der Waals surface area contributed by atoms with E-state index in [-0.39, 0.29) is 23.0 Å². The Balaban J connectivity index is 2.39. The van der Waals surface area contributed by atoms with Crippen LogP contribution in [0.3, 0.4) is 0 Å². The van der Waals surface area contributed by atoms with Gasteiger partial charge in [0.1, 0.15) is 6.61 Å². The summed E-state index contributed by atoms with van der Waals surface area (Å²) in [7, 11) is 1.55. The van der Waals surface area contributed by atoms with Gasteiger partial charge in [-0.1, -0.05) is 10.8 Å². The van der Waals surface area contributed by atoms with Gasteiger partial charge >= 0.3 is 0 Å². The molecule has 19 heavy (non-hydrogen) atoms. The molecule has 0 bridgehead atoms. The standard InChI is InChI=1S/C13H26N2O2S2/c1-12(2,3)17-10-11(16)14-6-8-15(9-7-14)13(4,5)19-18/h18H,6-10H2,1-5H3. The quantitative estimate of drug-likeness (QED) is 0.638. The monoisotopic (exact) mass is 306 g/mol. The van der Waals surface area contributed by atoms with E-state index in [0.29, 0.717) is 0 Å². The number of carbonyl (C=O) groups excluding carboxylic acids is 1. The molecule has 0 radical (unpaired) electrons. The summed E-state index contributed by atoms with van der Waals surface area (Å²) in [6, 6.07) is 0. The summed E-state index contributed by atoms with van der Waals surface area (Å²) in [6.07, 6.45) is 0. The molecule has 0 unspecified atom stereocenters. The predicted molar refractivity (Wildman–Crippen MR) is 84.5 cm³/mol. The van der Waals surface area contributed by atoms with Crippen LogP contribution in [0.4, 0.5) is 0 Å². The summed E-state index contributed by atoms with van der Waals surface area (Å²) in [5.41, 5.74) is -0.262. The van der Waals surface area contributed by atoms with E-state index in [9.17, 15) is 4.79 Å². The third-order valence-corrected chi connectivity index (χ3v) is 5.29. The highest BCUT2D eigenvalue weighted by Crippen LogP contribution is 2.31. The molecule has 4 nitrogen and oxygen atoms in total. The van der Waals surface area contributed by atoms with Crippen LogP contribution in [0.1, 0.15) is 34.6 Å². The normalized spacial score (nSPS) is 18.7. The van der Waals surface area contributed by atoms with Crippen LogP contribution < -0.4 is 0 Å². The van der Waals surface area contributed by atoms with Crippen LogP contribution in [-0.2, 0) is 9.53 Å². The summed E-state index contributed by atoms with van der Waals surface area (Å²) < 4.78 is 5.54. The van der Waals surface area contributed by atoms with Crippen LogP contribution in [-0.4, -0.2) is 59.0 Å². The fourth-order valence-corrected chi connectivity index (χ4v) is 2.57. The first-order valence-electron chi connectivity index (χ1n) is 6.65. The maximum absolute atomic E-state index is 12.0. The second-order valence-corrected chi connectivity index (χ2v) is 8.04. The van der Waals surface area contributed by atoms with Crippen molar-refractivity contribution in [2.45, 2.75) is 45.1 Å². The molecule has 0 N–H and O–H groups in total. The topological polar surface area (TPSA) is 32.8 Å². The molecule has 1 aliphatic rings. The van der Waals surface area contributed by atoms with Gasteiger partial charge in [-0.15, -0.1) is 11.7 Å². The van der Waals surface area contributed by atoms with Crippen molar-refractivity contribution in [1.29, 1.82) is 0 Å². The molecular formula is C13H26N2O2S2. The highest BCUT2D eigenvalue weighted by Gasteiger charge is 2.31. The van der Waals surface area contributed by atoms with E-state index in [0.717, 1.165) is 26.2 Å². The molecule has 0 saturated carbocycles. The Labute approximate surface area is 126 Å². The second kappa shape index (κ2) is 6.70. The van der Waals surface area contributed by atoms with Crippen LogP contribution in [0.5, 0.6) is 0 Å². The number of amides is 1. The fraction of sp³-hybridized carbons (Fsp3) is 0.923. The van der Waals surface area contributed by atoms with Gasteiger partial charge in [0.25, 0.3) is 0 Å². The molecule has 1 saturated heterocycles. The summed E-state index contributed by atoms with van der Waals surface area (Å²) in [5.74, 6) is 0.0888. The molecule has 0 aromatic heterocycles. The molecule has 1 aliphatic heterocycles. The average molecular weight is 306 g/mol. The van der Waals surface area contributed by atoms with E-state index in [2.05, 4.69) is 30.4 Å². The zero-order valence-electron chi connectivity index (χ0n) is 12.6. The van der Waals surface area contributed by atoms with E-state index in [1.54, 1.807) is 10.8 Å². The lowest BCUT2D eigenvalue weighted by molar-refractivity contribution is -0.143. The van der Waals surface area contributed by atoms with Crippen molar-refractivity contribution in [3.63, 3.8) is 0 Å². The van der Waals surface area contributed by atoms with Crippen molar-refractivity contribution in [3.8, 4) is 0 Å². The SMILES string of the molecule is CC(C)(C)OCC(=O)N1CCN(C(C)(C)SS)CC1. The fourth-order valence-electron chi connectivity index (χ4n) is 1.92. The molecule has 0 aliphatic carbocycles. The molecule has 0 aromatic rings. The lowest BCUT2D eigenvalue weighted by atomic mass is 10.2. The van der Waals surface area contributed by atoms with Crippen LogP contribution in [0.15, 0.2) is 0 Å². The van der Waals surface area contributed by atoms with Crippen molar-refractivity contribution in [2.75, 3.05) is 32.8 Å². The van der Waals surface area contributed by atoms with E-state index in [1.165, 1.54) is 0 Å². The second-order valence-electron chi connectivity index (χ2n) is 6.31. The average Bonchev–Trinajstić information content (AvgIpc) is 2.35. The number of piperazine rings is 1. The Kier molecular flexibility index (Phi) is 6.04. The molecule has 1 heterocycles. The van der Waals surface area contributed by atoms with Crippen molar-refractivity contribution in [2.24, 2.45) is 0 Å².